The van der Waals surface area contributed by atoms with E-state index in [4.69, 9.17) is 4.74 Å². The van der Waals surface area contributed by atoms with E-state index in [9.17, 15) is 13.2 Å². The Morgan fingerprint density at radius 3 is 2.67 bits per heavy atom. The molecule has 0 spiro atoms. The fourth-order valence-electron chi connectivity index (χ4n) is 3.72. The van der Waals surface area contributed by atoms with E-state index in [2.05, 4.69) is 9.71 Å². The first-order valence-electron chi connectivity index (χ1n) is 10.2. The summed E-state index contributed by atoms with van der Waals surface area (Å²) in [5.74, 6) is 0.945. The minimum atomic E-state index is -3.29. The lowest BCUT2D eigenvalue weighted by atomic mass is 9.94. The summed E-state index contributed by atoms with van der Waals surface area (Å²) in [5.41, 5.74) is 4.79. The maximum absolute atomic E-state index is 12.8. The predicted octanol–water partition coefficient (Wildman–Crippen LogP) is 2.36. The Morgan fingerprint density at radius 2 is 2.00 bits per heavy atom. The summed E-state index contributed by atoms with van der Waals surface area (Å²) in [7, 11) is -1.67. The molecular weight excluding hydrogens is 402 g/mol. The van der Waals surface area contributed by atoms with Gasteiger partial charge in [0.15, 0.2) is 0 Å². The molecule has 0 saturated carbocycles. The third kappa shape index (κ3) is 5.37. The number of aryl methyl sites for hydroxylation is 1. The number of carbonyl (C=O) groups is 1. The van der Waals surface area contributed by atoms with E-state index in [-0.39, 0.29) is 18.2 Å². The topological polar surface area (TPSA) is 88.6 Å². The number of fused-ring (bicyclic) bond motifs is 1. The summed E-state index contributed by atoms with van der Waals surface area (Å²) in [6.45, 7) is 5.08. The van der Waals surface area contributed by atoms with Crippen molar-refractivity contribution in [1.82, 2.24) is 14.6 Å². The second kappa shape index (κ2) is 9.57. The largest absolute Gasteiger partial charge is 0.497 e. The lowest BCUT2D eigenvalue weighted by molar-refractivity contribution is -0.131. The van der Waals surface area contributed by atoms with E-state index in [1.807, 2.05) is 49.2 Å². The number of aromatic nitrogens is 1. The van der Waals surface area contributed by atoms with E-state index in [0.29, 0.717) is 32.4 Å². The van der Waals surface area contributed by atoms with Crippen LogP contribution in [0.15, 0.2) is 30.5 Å². The van der Waals surface area contributed by atoms with Gasteiger partial charge < -0.3 is 9.64 Å². The molecule has 0 radical (unpaired) electrons. The Hall–Kier alpha value is -2.45. The number of pyridine rings is 1. The highest BCUT2D eigenvalue weighted by Crippen LogP contribution is 2.25. The maximum atomic E-state index is 12.8. The van der Waals surface area contributed by atoms with Gasteiger partial charge in [-0.05, 0) is 54.2 Å². The van der Waals surface area contributed by atoms with Gasteiger partial charge >= 0.3 is 0 Å². The van der Waals surface area contributed by atoms with Crippen LogP contribution in [0.5, 0.6) is 5.75 Å². The zero-order chi connectivity index (χ0) is 21.7. The van der Waals surface area contributed by atoms with Crippen LogP contribution in [0.3, 0.4) is 0 Å². The van der Waals surface area contributed by atoms with E-state index >= 15 is 0 Å². The molecule has 1 aromatic carbocycles. The number of rotatable bonds is 8. The maximum Gasteiger partial charge on any atom is 0.227 e. The predicted molar refractivity (Wildman–Crippen MR) is 116 cm³/mol. The van der Waals surface area contributed by atoms with Gasteiger partial charge in [-0.3, -0.25) is 9.78 Å². The number of sulfonamides is 1. The van der Waals surface area contributed by atoms with Crippen molar-refractivity contribution in [2.45, 2.75) is 46.2 Å². The lowest BCUT2D eigenvalue weighted by Crippen LogP contribution is -2.38. The molecule has 0 fully saturated rings. The number of hydrogen-bond donors (Lipinski definition) is 1. The highest BCUT2D eigenvalue weighted by atomic mass is 32.2. The smallest absolute Gasteiger partial charge is 0.227 e. The van der Waals surface area contributed by atoms with Crippen molar-refractivity contribution < 1.29 is 17.9 Å². The first-order valence-corrected chi connectivity index (χ1v) is 11.8. The van der Waals surface area contributed by atoms with Crippen molar-refractivity contribution in [1.29, 1.82) is 0 Å². The fraction of sp³-hybridized carbons (Fsp3) is 0.455. The minimum absolute atomic E-state index is 0.0663. The highest BCUT2D eigenvalue weighted by molar-refractivity contribution is 7.89. The molecule has 1 N–H and O–H groups in total. The van der Waals surface area contributed by atoms with Crippen LogP contribution in [0.2, 0.25) is 0 Å². The number of carbonyl (C=O) groups excluding carboxylic acids is 1. The molecule has 2 aromatic rings. The molecule has 2 heterocycles. The Kier molecular flexibility index (Phi) is 7.10. The third-order valence-electron chi connectivity index (χ3n) is 5.40. The summed E-state index contributed by atoms with van der Waals surface area (Å²) < 4.78 is 31.9. The Labute approximate surface area is 178 Å². The molecule has 0 unspecified atom stereocenters. The summed E-state index contributed by atoms with van der Waals surface area (Å²) in [6.07, 6.45) is 3.41. The quantitative estimate of drug-likeness (QED) is 0.693. The third-order valence-corrected chi connectivity index (χ3v) is 6.93. The second-order valence-electron chi connectivity index (χ2n) is 7.56. The molecule has 1 aliphatic rings. The van der Waals surface area contributed by atoms with Crippen LogP contribution in [0.4, 0.5) is 0 Å². The van der Waals surface area contributed by atoms with Crippen molar-refractivity contribution >= 4 is 15.9 Å². The normalized spacial score (nSPS) is 13.8. The van der Waals surface area contributed by atoms with Gasteiger partial charge in [0.25, 0.3) is 0 Å². The van der Waals surface area contributed by atoms with Gasteiger partial charge in [-0.15, -0.1) is 0 Å². The molecule has 8 heteroatoms. The van der Waals surface area contributed by atoms with Gasteiger partial charge in [-0.1, -0.05) is 19.1 Å². The van der Waals surface area contributed by atoms with Gasteiger partial charge in [-0.2, -0.15) is 0 Å². The Balaban J connectivity index is 1.70. The van der Waals surface area contributed by atoms with Crippen molar-refractivity contribution in [2.24, 2.45) is 0 Å². The Morgan fingerprint density at radius 1 is 1.27 bits per heavy atom. The zero-order valence-corrected chi connectivity index (χ0v) is 18.6. The van der Waals surface area contributed by atoms with Crippen LogP contribution in [0, 0.1) is 6.92 Å². The molecule has 0 atom stereocenters. The van der Waals surface area contributed by atoms with Crippen LogP contribution < -0.4 is 9.46 Å². The van der Waals surface area contributed by atoms with E-state index < -0.39 is 10.0 Å². The van der Waals surface area contributed by atoms with Gasteiger partial charge in [-0.25, -0.2) is 13.1 Å². The summed E-state index contributed by atoms with van der Waals surface area (Å²) >= 11 is 0. The monoisotopic (exact) mass is 431 g/mol. The van der Waals surface area contributed by atoms with E-state index in [1.54, 1.807) is 7.11 Å². The molecule has 162 valence electrons. The number of amides is 1. The van der Waals surface area contributed by atoms with Gasteiger partial charge in [0.2, 0.25) is 15.9 Å². The fourth-order valence-corrected chi connectivity index (χ4v) is 4.77. The van der Waals surface area contributed by atoms with Gasteiger partial charge in [0.1, 0.15) is 5.75 Å². The molecule has 0 aliphatic carbocycles. The molecule has 1 aliphatic heterocycles. The molecular formula is C22H29N3O4S. The van der Waals surface area contributed by atoms with Crippen LogP contribution in [-0.4, -0.2) is 43.6 Å². The first kappa shape index (κ1) is 22.2. The Bertz CT molecular complexity index is 1000. The number of ether oxygens (including phenoxy) is 1. The summed E-state index contributed by atoms with van der Waals surface area (Å²) in [5, 5.41) is 0. The number of nitrogens with one attached hydrogen (secondary N) is 1. The molecule has 1 aromatic heterocycles. The lowest BCUT2D eigenvalue weighted by Gasteiger charge is -2.30. The standard InChI is InChI=1S/C22H29N3O4S/c1-4-11-30(27,28)24-14-21-16(2)23-13-18-15-25(10-9-20(18)21)22(26)12-17-5-7-19(29-3)8-6-17/h5-8,13,24H,4,9-12,14-15H2,1-3H3. The van der Waals surface area contributed by atoms with Crippen LogP contribution >= 0.6 is 0 Å². The second-order valence-corrected chi connectivity index (χ2v) is 9.48. The van der Waals surface area contributed by atoms with Crippen LogP contribution in [-0.2, 0) is 40.7 Å². The number of nitrogens with zero attached hydrogens (tertiary/aromatic N) is 2. The molecule has 7 nitrogen and oxygen atoms in total. The van der Waals surface area contributed by atoms with E-state index in [0.717, 1.165) is 33.7 Å². The number of benzene rings is 1. The molecule has 0 saturated heterocycles. The average molecular weight is 432 g/mol. The molecule has 0 bridgehead atoms. The molecule has 3 rings (SSSR count). The van der Waals surface area contributed by atoms with Crippen LogP contribution in [0.25, 0.3) is 0 Å². The van der Waals surface area contributed by atoms with Gasteiger partial charge in [0.05, 0.1) is 19.3 Å². The van der Waals surface area contributed by atoms with Crippen molar-refractivity contribution in [3.05, 3.63) is 58.4 Å². The average Bonchev–Trinajstić information content (AvgIpc) is 2.73. The van der Waals surface area contributed by atoms with Crippen LogP contribution in [0.1, 0.15) is 41.3 Å². The van der Waals surface area contributed by atoms with Crippen molar-refractivity contribution in [2.75, 3.05) is 19.4 Å². The molecule has 30 heavy (non-hydrogen) atoms. The number of methoxy groups -OCH3 is 1. The van der Waals surface area contributed by atoms with Gasteiger partial charge in [0, 0.05) is 31.5 Å². The van der Waals surface area contributed by atoms with Crippen molar-refractivity contribution in [3.63, 3.8) is 0 Å². The summed E-state index contributed by atoms with van der Waals surface area (Å²) in [4.78, 5) is 19.1. The van der Waals surface area contributed by atoms with E-state index in [1.165, 1.54) is 0 Å². The van der Waals surface area contributed by atoms with Crippen molar-refractivity contribution in [3.8, 4) is 5.75 Å². The SMILES string of the molecule is CCCS(=O)(=O)NCc1c(C)ncc2c1CCN(C(=O)Cc1ccc(OC)cc1)C2. The number of hydrogen-bond acceptors (Lipinski definition) is 5. The first-order chi connectivity index (χ1) is 14.3. The molecule has 1 amide bonds. The zero-order valence-electron chi connectivity index (χ0n) is 17.8. The highest BCUT2D eigenvalue weighted by Gasteiger charge is 2.24. The minimum Gasteiger partial charge on any atom is -0.497 e. The summed E-state index contributed by atoms with van der Waals surface area (Å²) in [6, 6.07) is 7.51.